The molecular weight excluding hydrogens is 491 g/mol. The highest BCUT2D eigenvalue weighted by molar-refractivity contribution is 7.92. The summed E-state index contributed by atoms with van der Waals surface area (Å²) in [6.45, 7) is 5.29. The molecular formula is C20H25ClF3NO7S. The molecule has 3 atom stereocenters. The number of nitrogens with zero attached hydrogens (tertiary/aromatic N) is 1. The first-order valence-corrected chi connectivity index (χ1v) is 11.7. The fraction of sp³-hybridized carbons (Fsp3) is 0.600. The van der Waals surface area contributed by atoms with Crippen LogP contribution in [0.2, 0.25) is 5.02 Å². The molecule has 0 bridgehead atoms. The van der Waals surface area contributed by atoms with Crippen molar-refractivity contribution in [3.63, 3.8) is 0 Å². The van der Waals surface area contributed by atoms with E-state index in [9.17, 15) is 31.2 Å². The van der Waals surface area contributed by atoms with Gasteiger partial charge in [0.15, 0.2) is 15.9 Å². The Morgan fingerprint density at radius 3 is 2.30 bits per heavy atom. The Hall–Kier alpha value is -2.21. The third-order valence-corrected chi connectivity index (χ3v) is 7.40. The Bertz CT molecular complexity index is 1010. The molecule has 0 N–H and O–H groups in total. The third-order valence-electron chi connectivity index (χ3n) is 4.79. The Morgan fingerprint density at radius 1 is 1.21 bits per heavy atom. The van der Waals surface area contributed by atoms with Crippen molar-refractivity contribution in [1.82, 2.24) is 4.90 Å². The summed E-state index contributed by atoms with van der Waals surface area (Å²) in [5.74, 6) is -1.08. The molecule has 33 heavy (non-hydrogen) atoms. The van der Waals surface area contributed by atoms with Crippen LogP contribution >= 0.6 is 11.6 Å². The highest BCUT2D eigenvalue weighted by Crippen LogP contribution is 2.35. The molecule has 1 aliphatic rings. The lowest BCUT2D eigenvalue weighted by molar-refractivity contribution is -0.189. The van der Waals surface area contributed by atoms with Crippen molar-refractivity contribution in [1.29, 1.82) is 0 Å². The first-order valence-electron chi connectivity index (χ1n) is 9.81. The SMILES string of the molecule is COC(=O)[C@@H]1C[C@@H](S(=O)(=O)c2ccc(OC(C)C(F)(F)F)cc2Cl)CN1C(=O)OC(C)(C)C. The van der Waals surface area contributed by atoms with E-state index in [2.05, 4.69) is 0 Å². The maximum atomic E-state index is 13.2. The number of esters is 1. The van der Waals surface area contributed by atoms with E-state index in [-0.39, 0.29) is 28.6 Å². The van der Waals surface area contributed by atoms with Crippen LogP contribution in [0.3, 0.4) is 0 Å². The topological polar surface area (TPSA) is 99.2 Å². The molecule has 1 aliphatic heterocycles. The number of benzene rings is 1. The number of methoxy groups -OCH3 is 1. The van der Waals surface area contributed by atoms with E-state index in [0.717, 1.165) is 37.1 Å². The lowest BCUT2D eigenvalue weighted by atomic mass is 10.2. The van der Waals surface area contributed by atoms with E-state index in [1.54, 1.807) is 20.8 Å². The van der Waals surface area contributed by atoms with Gasteiger partial charge >= 0.3 is 18.2 Å². The van der Waals surface area contributed by atoms with Crippen LogP contribution in [0.1, 0.15) is 34.1 Å². The first-order chi connectivity index (χ1) is 15.0. The number of halogens is 4. The Labute approximate surface area is 194 Å². The number of hydrogen-bond donors (Lipinski definition) is 0. The van der Waals surface area contributed by atoms with Crippen LogP contribution in [0.4, 0.5) is 18.0 Å². The normalized spacial score (nSPS) is 20.3. The fourth-order valence-corrected chi connectivity index (χ4v) is 5.37. The summed E-state index contributed by atoms with van der Waals surface area (Å²) in [7, 11) is -3.09. The second kappa shape index (κ2) is 9.57. The summed E-state index contributed by atoms with van der Waals surface area (Å²) >= 11 is 6.07. The third kappa shape index (κ3) is 6.44. The molecule has 0 spiro atoms. The van der Waals surface area contributed by atoms with Gasteiger partial charge in [0, 0.05) is 12.6 Å². The van der Waals surface area contributed by atoms with Gasteiger partial charge in [0.05, 0.1) is 22.3 Å². The van der Waals surface area contributed by atoms with E-state index in [0.29, 0.717) is 0 Å². The van der Waals surface area contributed by atoms with Gasteiger partial charge in [0.1, 0.15) is 17.4 Å². The van der Waals surface area contributed by atoms with E-state index in [1.807, 2.05) is 0 Å². The average molecular weight is 516 g/mol. The largest absolute Gasteiger partial charge is 0.481 e. The minimum Gasteiger partial charge on any atom is -0.481 e. The summed E-state index contributed by atoms with van der Waals surface area (Å²) in [6.07, 6.45) is -7.90. The molecule has 186 valence electrons. The number of likely N-dealkylation sites (tertiary alicyclic amines) is 1. The van der Waals surface area contributed by atoms with Crippen LogP contribution in [-0.2, 0) is 24.1 Å². The van der Waals surface area contributed by atoms with Crippen LogP contribution in [0.15, 0.2) is 23.1 Å². The second-order valence-electron chi connectivity index (χ2n) is 8.47. The van der Waals surface area contributed by atoms with Crippen LogP contribution in [-0.4, -0.2) is 68.2 Å². The van der Waals surface area contributed by atoms with E-state index < -0.39 is 51.1 Å². The van der Waals surface area contributed by atoms with Crippen LogP contribution in [0.25, 0.3) is 0 Å². The van der Waals surface area contributed by atoms with Crippen molar-refractivity contribution in [3.05, 3.63) is 23.2 Å². The van der Waals surface area contributed by atoms with Gasteiger partial charge in [-0.15, -0.1) is 0 Å². The molecule has 1 heterocycles. The quantitative estimate of drug-likeness (QED) is 0.547. The van der Waals surface area contributed by atoms with Gasteiger partial charge < -0.3 is 14.2 Å². The highest BCUT2D eigenvalue weighted by atomic mass is 35.5. The van der Waals surface area contributed by atoms with Crippen molar-refractivity contribution in [2.24, 2.45) is 0 Å². The van der Waals surface area contributed by atoms with Crippen LogP contribution in [0.5, 0.6) is 5.75 Å². The number of alkyl halides is 3. The van der Waals surface area contributed by atoms with Gasteiger partial charge in [-0.25, -0.2) is 18.0 Å². The zero-order chi connectivity index (χ0) is 25.4. The molecule has 1 aromatic rings. The van der Waals surface area contributed by atoms with Crippen molar-refractivity contribution in [3.8, 4) is 5.75 Å². The number of carbonyl (C=O) groups excluding carboxylic acids is 2. The Morgan fingerprint density at radius 2 is 1.82 bits per heavy atom. The van der Waals surface area contributed by atoms with Gasteiger partial charge in [0.2, 0.25) is 0 Å². The predicted molar refractivity (Wildman–Crippen MR) is 112 cm³/mol. The van der Waals surface area contributed by atoms with Gasteiger partial charge in [-0.3, -0.25) is 4.90 Å². The number of amides is 1. The molecule has 0 aliphatic carbocycles. The van der Waals surface area contributed by atoms with Crippen molar-refractivity contribution >= 4 is 33.5 Å². The molecule has 1 aromatic carbocycles. The smallest absolute Gasteiger partial charge is 0.425 e. The molecule has 1 unspecified atom stereocenters. The van der Waals surface area contributed by atoms with Crippen LogP contribution in [0, 0.1) is 0 Å². The van der Waals surface area contributed by atoms with E-state index >= 15 is 0 Å². The minimum absolute atomic E-state index is 0.266. The molecule has 0 aromatic heterocycles. The first kappa shape index (κ1) is 27.0. The van der Waals surface area contributed by atoms with Gasteiger partial charge in [-0.1, -0.05) is 11.6 Å². The molecule has 1 saturated heterocycles. The lowest BCUT2D eigenvalue weighted by Crippen LogP contribution is -2.44. The average Bonchev–Trinajstić information content (AvgIpc) is 3.11. The maximum absolute atomic E-state index is 13.2. The van der Waals surface area contributed by atoms with Gasteiger partial charge in [-0.2, -0.15) is 13.2 Å². The number of ether oxygens (including phenoxy) is 3. The number of sulfone groups is 1. The summed E-state index contributed by atoms with van der Waals surface area (Å²) in [5.41, 5.74) is -0.887. The molecule has 0 saturated carbocycles. The van der Waals surface area contributed by atoms with Gasteiger partial charge in [-0.05, 0) is 46.2 Å². The fourth-order valence-electron chi connectivity index (χ4n) is 3.14. The molecule has 8 nitrogen and oxygen atoms in total. The van der Waals surface area contributed by atoms with Crippen molar-refractivity contribution in [2.75, 3.05) is 13.7 Å². The minimum atomic E-state index is -4.62. The standard InChI is InChI=1S/C20H25ClF3NO7S/c1-11(20(22,23)24)31-12-6-7-16(14(21)8-12)33(28,29)13-9-15(17(26)30-5)25(10-13)18(27)32-19(2,3)4/h6-8,11,13,15H,9-10H2,1-5H3/t11?,13-,15+/m1/s1. The molecule has 13 heteroatoms. The highest BCUT2D eigenvalue weighted by Gasteiger charge is 2.47. The Balaban J connectivity index is 2.31. The molecule has 1 fully saturated rings. The number of rotatable bonds is 5. The summed E-state index contributed by atoms with van der Waals surface area (Å²) in [6, 6.07) is 1.85. The van der Waals surface area contributed by atoms with Crippen LogP contribution < -0.4 is 4.74 Å². The van der Waals surface area contributed by atoms with E-state index in [4.69, 9.17) is 25.8 Å². The molecule has 2 rings (SSSR count). The second-order valence-corrected chi connectivity index (χ2v) is 11.1. The Kier molecular flexibility index (Phi) is 7.84. The maximum Gasteiger partial charge on any atom is 0.425 e. The summed E-state index contributed by atoms with van der Waals surface area (Å²) in [5, 5.41) is -1.58. The number of hydrogen-bond acceptors (Lipinski definition) is 7. The van der Waals surface area contributed by atoms with Gasteiger partial charge in [0.25, 0.3) is 0 Å². The molecule has 1 amide bonds. The zero-order valence-electron chi connectivity index (χ0n) is 18.6. The lowest BCUT2D eigenvalue weighted by Gasteiger charge is -2.27. The monoisotopic (exact) mass is 515 g/mol. The predicted octanol–water partition coefficient (Wildman–Crippen LogP) is 3.99. The van der Waals surface area contributed by atoms with Crippen molar-refractivity contribution < 1.29 is 45.4 Å². The zero-order valence-corrected chi connectivity index (χ0v) is 20.2. The van der Waals surface area contributed by atoms with E-state index in [1.165, 1.54) is 0 Å². The number of carbonyl (C=O) groups is 2. The summed E-state index contributed by atoms with van der Waals surface area (Å²) < 4.78 is 79.3. The summed E-state index contributed by atoms with van der Waals surface area (Å²) in [4.78, 5) is 25.4. The molecule has 0 radical (unpaired) electrons. The van der Waals surface area contributed by atoms with Crippen molar-refractivity contribution in [2.45, 2.75) is 68.2 Å².